The summed E-state index contributed by atoms with van der Waals surface area (Å²) in [7, 11) is 0. The third kappa shape index (κ3) is 5.69. The van der Waals surface area contributed by atoms with Gasteiger partial charge < -0.3 is 18.6 Å². The molecule has 2 unspecified atom stereocenters. The number of para-hydroxylation sites is 4. The van der Waals surface area contributed by atoms with E-state index in [1.54, 1.807) is 0 Å². The van der Waals surface area contributed by atoms with Gasteiger partial charge in [-0.05, 0) is 93.9 Å². The van der Waals surface area contributed by atoms with Gasteiger partial charge in [0.2, 0.25) is 0 Å². The molecular weight excluding hydrogens is 841 g/mol. The average molecular weight is 889 g/mol. The summed E-state index contributed by atoms with van der Waals surface area (Å²) in [6.45, 7) is 6.85. The van der Waals surface area contributed by atoms with Gasteiger partial charge in [0.05, 0.1) is 27.5 Å². The predicted molar refractivity (Wildman–Crippen MR) is 284 cm³/mol. The first kappa shape index (κ1) is 39.8. The van der Waals surface area contributed by atoms with Crippen molar-refractivity contribution in [2.75, 3.05) is 4.90 Å². The molecule has 1 aliphatic heterocycles. The van der Waals surface area contributed by atoms with Crippen LogP contribution in [0.4, 0.5) is 17.1 Å². The summed E-state index contributed by atoms with van der Waals surface area (Å²) >= 11 is 0. The second kappa shape index (κ2) is 14.8. The van der Waals surface area contributed by atoms with Gasteiger partial charge in [0, 0.05) is 55.8 Å². The highest BCUT2D eigenvalue weighted by Gasteiger charge is 2.54. The van der Waals surface area contributed by atoms with Crippen LogP contribution in [-0.4, -0.2) is 10.7 Å². The minimum atomic E-state index is -0.722. The van der Waals surface area contributed by atoms with E-state index >= 15 is 0 Å². The summed E-state index contributed by atoms with van der Waals surface area (Å²) < 4.78 is 17.0. The lowest BCUT2D eigenvalue weighted by Gasteiger charge is -2.36. The van der Waals surface area contributed by atoms with Gasteiger partial charge in [-0.25, -0.2) is 0 Å². The van der Waals surface area contributed by atoms with E-state index in [4.69, 9.17) is 9.15 Å². The molecule has 0 radical (unpaired) electrons. The summed E-state index contributed by atoms with van der Waals surface area (Å²) in [4.78, 5) is 2.49. The smallest absolute Gasteiger partial charge is 0.145 e. The van der Waals surface area contributed by atoms with Gasteiger partial charge in [0.15, 0.2) is 0 Å². The summed E-state index contributed by atoms with van der Waals surface area (Å²) in [5, 5.41) is 4.56. The molecule has 4 nitrogen and oxygen atoms in total. The molecule has 4 heteroatoms. The number of anilines is 3. The van der Waals surface area contributed by atoms with Crippen molar-refractivity contribution in [1.29, 1.82) is 0 Å². The van der Waals surface area contributed by atoms with E-state index in [-0.39, 0.29) is 17.4 Å². The molecule has 0 saturated heterocycles. The highest BCUT2D eigenvalue weighted by Crippen LogP contribution is 2.64. The van der Waals surface area contributed by atoms with Crippen molar-refractivity contribution < 1.29 is 9.15 Å². The maximum Gasteiger partial charge on any atom is 0.145 e. The fourth-order valence-corrected chi connectivity index (χ4v) is 12.1. The Bertz CT molecular complexity index is 3870. The highest BCUT2D eigenvalue weighted by atomic mass is 16.5. The lowest BCUT2D eigenvalue weighted by molar-refractivity contribution is 0.277. The maximum atomic E-state index is 7.40. The third-order valence-corrected chi connectivity index (χ3v) is 15.2. The van der Waals surface area contributed by atoms with E-state index in [1.807, 2.05) is 0 Å². The molecule has 3 heterocycles. The number of ether oxygens (including phenoxy) is 1. The first-order valence-electron chi connectivity index (χ1n) is 24.2. The Balaban J connectivity index is 1.13. The van der Waals surface area contributed by atoms with Gasteiger partial charge in [-0.1, -0.05) is 185 Å². The average Bonchev–Trinajstić information content (AvgIpc) is 4.14. The fourth-order valence-electron chi connectivity index (χ4n) is 12.1. The molecule has 3 aliphatic rings. The van der Waals surface area contributed by atoms with Gasteiger partial charge >= 0.3 is 0 Å². The molecule has 0 amide bonds. The van der Waals surface area contributed by atoms with Gasteiger partial charge in [0.25, 0.3) is 0 Å². The largest absolute Gasteiger partial charge is 0.484 e. The zero-order valence-corrected chi connectivity index (χ0v) is 38.7. The molecule has 0 N–H and O–H groups in total. The summed E-state index contributed by atoms with van der Waals surface area (Å²) in [6, 6.07) is 77.6. The lowest BCUT2D eigenvalue weighted by atomic mass is 9.65. The van der Waals surface area contributed by atoms with Crippen molar-refractivity contribution in [3.63, 3.8) is 0 Å². The van der Waals surface area contributed by atoms with E-state index in [0.717, 1.165) is 61.5 Å². The van der Waals surface area contributed by atoms with Gasteiger partial charge in [-0.3, -0.25) is 0 Å². The van der Waals surface area contributed by atoms with Crippen LogP contribution in [0.1, 0.15) is 60.1 Å². The molecular formula is C65H48N2O2. The Hall–Kier alpha value is -8.34. The van der Waals surface area contributed by atoms with Gasteiger partial charge in [-0.15, -0.1) is 0 Å². The van der Waals surface area contributed by atoms with Crippen LogP contribution in [0.3, 0.4) is 0 Å². The predicted octanol–water partition coefficient (Wildman–Crippen LogP) is 16.7. The summed E-state index contributed by atoms with van der Waals surface area (Å²) in [6.07, 6.45) is 4.55. The highest BCUT2D eigenvalue weighted by molar-refractivity contribution is 6.19. The molecule has 2 atom stereocenters. The van der Waals surface area contributed by atoms with Crippen molar-refractivity contribution in [2.45, 2.75) is 43.6 Å². The first-order chi connectivity index (χ1) is 33.9. The number of hydrogen-bond acceptors (Lipinski definition) is 3. The Labute approximate surface area is 401 Å². The molecule has 330 valence electrons. The monoisotopic (exact) mass is 888 g/mol. The number of aromatic nitrogens is 1. The van der Waals surface area contributed by atoms with Crippen LogP contribution in [0.25, 0.3) is 55.0 Å². The molecule has 2 aromatic heterocycles. The van der Waals surface area contributed by atoms with Crippen LogP contribution in [-0.2, 0) is 10.8 Å². The number of rotatable bonds is 6. The maximum absolute atomic E-state index is 7.40. The Morgan fingerprint density at radius 2 is 1.19 bits per heavy atom. The molecule has 0 saturated carbocycles. The van der Waals surface area contributed by atoms with Crippen molar-refractivity contribution >= 4 is 66.4 Å². The summed E-state index contributed by atoms with van der Waals surface area (Å²) in [5.74, 6) is 0.991. The zero-order chi connectivity index (χ0) is 46.0. The number of benzene rings is 9. The molecule has 14 rings (SSSR count). The van der Waals surface area contributed by atoms with E-state index in [2.05, 4.69) is 255 Å². The minimum absolute atomic E-state index is 0.0243. The van der Waals surface area contributed by atoms with E-state index < -0.39 is 5.41 Å². The molecule has 0 spiro atoms. The van der Waals surface area contributed by atoms with Crippen LogP contribution in [0.5, 0.6) is 5.75 Å². The molecule has 11 aromatic rings. The lowest BCUT2D eigenvalue weighted by Crippen LogP contribution is -2.31. The molecule has 2 aliphatic carbocycles. The van der Waals surface area contributed by atoms with Gasteiger partial charge in [-0.2, -0.15) is 0 Å². The minimum Gasteiger partial charge on any atom is -0.484 e. The van der Waals surface area contributed by atoms with Gasteiger partial charge in [0.1, 0.15) is 23.0 Å². The SMILES string of the molecule is CC(C)(C)c1ccc(N(c2ccc3c4ccccc4n(-c4ccccc4)c3c2)c2cc3c(c4oc5ccccc5c24)C2=C(C=CC4c5ccccc5OC24)C3(c2ccccc2)c2ccccc2)cc1. The topological polar surface area (TPSA) is 30.5 Å². The molecule has 69 heavy (non-hydrogen) atoms. The Morgan fingerprint density at radius 1 is 0.565 bits per heavy atom. The summed E-state index contributed by atoms with van der Waals surface area (Å²) in [5.41, 5.74) is 17.1. The standard InChI is InChI=1S/C65H48N2O2/c1-64(2,3)41-31-33-45(34-32-41)66(46-35-36-48-47-25-13-16-28-54(47)67(55(48)39-46)44-23-11-6-12-24-44)56-40-53-61(63-59(56)51-27-15-18-30-58(51)69-63)60-52(38-37-50-49-26-14-17-29-57(49)68-62(50)60)65(53,42-19-7-4-8-20-42)43-21-9-5-10-22-43/h4-40,50,62H,1-3H3. The number of fused-ring (bicyclic) bond motifs is 13. The van der Waals surface area contributed by atoms with E-state index in [1.165, 1.54) is 55.3 Å². The van der Waals surface area contributed by atoms with Crippen LogP contribution < -0.4 is 9.64 Å². The zero-order valence-electron chi connectivity index (χ0n) is 38.7. The van der Waals surface area contributed by atoms with E-state index in [0.29, 0.717) is 0 Å². The molecule has 9 aromatic carbocycles. The fraction of sp³-hybridized carbons (Fsp3) is 0.108. The molecule has 0 fully saturated rings. The van der Waals surface area contributed by atoms with Crippen molar-refractivity contribution in [2.24, 2.45) is 0 Å². The third-order valence-electron chi connectivity index (χ3n) is 15.2. The quantitative estimate of drug-likeness (QED) is 0.167. The van der Waals surface area contributed by atoms with Crippen LogP contribution in [0.15, 0.2) is 234 Å². The van der Waals surface area contributed by atoms with Crippen LogP contribution in [0.2, 0.25) is 0 Å². The Morgan fingerprint density at radius 3 is 1.93 bits per heavy atom. The second-order valence-electron chi connectivity index (χ2n) is 19.9. The number of furan rings is 1. The second-order valence-corrected chi connectivity index (χ2v) is 19.9. The van der Waals surface area contributed by atoms with Crippen molar-refractivity contribution in [3.8, 4) is 11.4 Å². The normalized spacial score (nSPS) is 16.7. The van der Waals surface area contributed by atoms with Crippen LogP contribution in [0, 0.1) is 0 Å². The Kier molecular flexibility index (Phi) is 8.55. The van der Waals surface area contributed by atoms with Crippen LogP contribution >= 0.6 is 0 Å². The van der Waals surface area contributed by atoms with E-state index in [9.17, 15) is 0 Å². The first-order valence-corrected chi connectivity index (χ1v) is 24.2. The van der Waals surface area contributed by atoms with Crippen molar-refractivity contribution in [1.82, 2.24) is 4.57 Å². The number of hydrogen-bond donors (Lipinski definition) is 0. The van der Waals surface area contributed by atoms with Crippen molar-refractivity contribution in [3.05, 3.63) is 263 Å². The number of nitrogens with zero attached hydrogens (tertiary/aromatic N) is 2. The molecule has 0 bridgehead atoms. The number of allylic oxidation sites excluding steroid dienone is 2.